The average Bonchev–Trinajstić information content (AvgIpc) is 3.29. The van der Waals surface area contributed by atoms with E-state index < -0.39 is 4.92 Å². The van der Waals surface area contributed by atoms with E-state index in [9.17, 15) is 14.9 Å². The lowest BCUT2D eigenvalue weighted by molar-refractivity contribution is -0.384. The third-order valence-corrected chi connectivity index (χ3v) is 3.63. The molecule has 0 aliphatic rings. The van der Waals surface area contributed by atoms with Crippen molar-refractivity contribution in [2.24, 2.45) is 0 Å². The van der Waals surface area contributed by atoms with E-state index >= 15 is 0 Å². The summed E-state index contributed by atoms with van der Waals surface area (Å²) in [7, 11) is 0. The van der Waals surface area contributed by atoms with Crippen LogP contribution in [0.25, 0.3) is 17.4 Å². The maximum absolute atomic E-state index is 12.1. The smallest absolute Gasteiger partial charge is 0.269 e. The van der Waals surface area contributed by atoms with Crippen molar-refractivity contribution < 1.29 is 14.1 Å². The highest BCUT2D eigenvalue weighted by Crippen LogP contribution is 2.25. The molecule has 25 heavy (non-hydrogen) atoms. The van der Waals surface area contributed by atoms with Crippen molar-refractivity contribution in [1.29, 1.82) is 0 Å². The summed E-state index contributed by atoms with van der Waals surface area (Å²) in [6.07, 6.45) is 6.23. The van der Waals surface area contributed by atoms with Crippen LogP contribution >= 0.6 is 0 Å². The molecule has 0 amide bonds. The van der Waals surface area contributed by atoms with Gasteiger partial charge in [-0.3, -0.25) is 19.6 Å². The Morgan fingerprint density at radius 1 is 1.28 bits per heavy atom. The van der Waals surface area contributed by atoms with Crippen molar-refractivity contribution in [2.75, 3.05) is 0 Å². The standard InChI is InChI=1S/C18H15N3O4/c1-2-20-12-14(11-19-20)17(22)9-7-16-8-10-18(25-16)13-3-5-15(6-4-13)21(23)24/h3-12H,2H2,1H3/b9-7+. The van der Waals surface area contributed by atoms with E-state index in [1.54, 1.807) is 41.2 Å². The van der Waals surface area contributed by atoms with Gasteiger partial charge in [-0.2, -0.15) is 5.10 Å². The zero-order valence-electron chi connectivity index (χ0n) is 13.5. The van der Waals surface area contributed by atoms with Gasteiger partial charge in [0.25, 0.3) is 5.69 Å². The van der Waals surface area contributed by atoms with Gasteiger partial charge in [-0.25, -0.2) is 0 Å². The number of furan rings is 1. The summed E-state index contributed by atoms with van der Waals surface area (Å²) in [5, 5.41) is 14.7. The number of carbonyl (C=O) groups excluding carboxylic acids is 1. The van der Waals surface area contributed by atoms with Gasteiger partial charge in [-0.15, -0.1) is 0 Å². The Labute approximate surface area is 143 Å². The molecule has 0 aliphatic carbocycles. The van der Waals surface area contributed by atoms with Gasteiger partial charge in [0.1, 0.15) is 11.5 Å². The molecule has 0 unspecified atom stereocenters. The molecular weight excluding hydrogens is 322 g/mol. The van der Waals surface area contributed by atoms with E-state index in [0.717, 1.165) is 5.56 Å². The number of nitro groups is 1. The Morgan fingerprint density at radius 2 is 2.04 bits per heavy atom. The molecule has 3 rings (SSSR count). The fourth-order valence-electron chi connectivity index (χ4n) is 2.26. The number of ketones is 1. The van der Waals surface area contributed by atoms with Gasteiger partial charge in [0, 0.05) is 30.4 Å². The first-order valence-corrected chi connectivity index (χ1v) is 7.66. The number of hydrogen-bond acceptors (Lipinski definition) is 5. The Hall–Kier alpha value is -3.48. The highest BCUT2D eigenvalue weighted by Gasteiger charge is 2.08. The number of aryl methyl sites for hydroxylation is 1. The molecule has 0 saturated carbocycles. The predicted molar refractivity (Wildman–Crippen MR) is 92.1 cm³/mol. The molecule has 0 bridgehead atoms. The largest absolute Gasteiger partial charge is 0.457 e. The van der Waals surface area contributed by atoms with Crippen LogP contribution in [0.1, 0.15) is 23.0 Å². The second kappa shape index (κ2) is 6.96. The van der Waals surface area contributed by atoms with Gasteiger partial charge >= 0.3 is 0 Å². The zero-order valence-corrected chi connectivity index (χ0v) is 13.5. The summed E-state index contributed by atoms with van der Waals surface area (Å²) < 4.78 is 7.33. The second-order valence-corrected chi connectivity index (χ2v) is 5.29. The van der Waals surface area contributed by atoms with Crippen LogP contribution in [0, 0.1) is 10.1 Å². The third-order valence-electron chi connectivity index (χ3n) is 3.63. The van der Waals surface area contributed by atoms with Gasteiger partial charge in [0.15, 0.2) is 5.78 Å². The Balaban J connectivity index is 1.72. The maximum atomic E-state index is 12.1. The molecule has 0 aliphatic heterocycles. The number of hydrogen-bond donors (Lipinski definition) is 0. The first kappa shape index (κ1) is 16.4. The molecule has 0 atom stereocenters. The van der Waals surface area contributed by atoms with Crippen molar-refractivity contribution in [3.8, 4) is 11.3 Å². The van der Waals surface area contributed by atoms with Gasteiger partial charge in [-0.05, 0) is 43.3 Å². The van der Waals surface area contributed by atoms with E-state index in [0.29, 0.717) is 23.6 Å². The normalized spacial score (nSPS) is 11.1. The molecule has 7 heteroatoms. The molecule has 7 nitrogen and oxygen atoms in total. The van der Waals surface area contributed by atoms with Crippen LogP contribution in [0.15, 0.2) is 59.3 Å². The van der Waals surface area contributed by atoms with Gasteiger partial charge < -0.3 is 4.42 Å². The van der Waals surface area contributed by atoms with Crippen LogP contribution in [0.4, 0.5) is 5.69 Å². The number of rotatable bonds is 6. The predicted octanol–water partition coefficient (Wildman–Crippen LogP) is 3.97. The third kappa shape index (κ3) is 3.72. The summed E-state index contributed by atoms with van der Waals surface area (Å²) in [6.45, 7) is 2.65. The van der Waals surface area contributed by atoms with Crippen LogP contribution in [-0.2, 0) is 6.54 Å². The molecule has 3 aromatic rings. The van der Waals surface area contributed by atoms with E-state index in [1.807, 2.05) is 6.92 Å². The van der Waals surface area contributed by atoms with Crippen molar-refractivity contribution in [1.82, 2.24) is 9.78 Å². The molecule has 1 aromatic carbocycles. The lowest BCUT2D eigenvalue weighted by Crippen LogP contribution is -1.94. The first-order valence-electron chi connectivity index (χ1n) is 7.66. The number of nitro benzene ring substituents is 1. The molecule has 126 valence electrons. The zero-order chi connectivity index (χ0) is 17.8. The second-order valence-electron chi connectivity index (χ2n) is 5.29. The highest BCUT2D eigenvalue weighted by atomic mass is 16.6. The molecule has 2 aromatic heterocycles. The van der Waals surface area contributed by atoms with Gasteiger partial charge in [0.2, 0.25) is 0 Å². The molecule has 0 N–H and O–H groups in total. The fraction of sp³-hybridized carbons (Fsp3) is 0.111. The lowest BCUT2D eigenvalue weighted by Gasteiger charge is -1.96. The molecule has 0 spiro atoms. The van der Waals surface area contributed by atoms with Gasteiger partial charge in [0.05, 0.1) is 16.7 Å². The number of non-ortho nitro benzene ring substituents is 1. The number of benzene rings is 1. The van der Waals surface area contributed by atoms with Crippen molar-refractivity contribution in [2.45, 2.75) is 13.5 Å². The minimum Gasteiger partial charge on any atom is -0.457 e. The quantitative estimate of drug-likeness (QED) is 0.294. The Bertz CT molecular complexity index is 935. The monoisotopic (exact) mass is 337 g/mol. The number of allylic oxidation sites excluding steroid dienone is 1. The molecule has 2 heterocycles. The van der Waals surface area contributed by atoms with E-state index in [2.05, 4.69) is 5.10 Å². The lowest BCUT2D eigenvalue weighted by atomic mass is 10.1. The van der Waals surface area contributed by atoms with Crippen molar-refractivity contribution >= 4 is 17.5 Å². The molecule has 0 saturated heterocycles. The molecular formula is C18H15N3O4. The van der Waals surface area contributed by atoms with Crippen LogP contribution in [0.3, 0.4) is 0 Å². The van der Waals surface area contributed by atoms with Crippen LogP contribution in [-0.4, -0.2) is 20.5 Å². The summed E-state index contributed by atoms with van der Waals surface area (Å²) in [4.78, 5) is 22.3. The number of nitrogens with zero attached hydrogens (tertiary/aromatic N) is 3. The highest BCUT2D eigenvalue weighted by molar-refractivity contribution is 6.06. The van der Waals surface area contributed by atoms with Crippen LogP contribution < -0.4 is 0 Å². The molecule has 0 fully saturated rings. The topological polar surface area (TPSA) is 91.2 Å². The Morgan fingerprint density at radius 3 is 2.68 bits per heavy atom. The summed E-state index contributed by atoms with van der Waals surface area (Å²) in [5.41, 5.74) is 1.26. The van der Waals surface area contributed by atoms with E-state index in [-0.39, 0.29) is 11.5 Å². The number of aromatic nitrogens is 2. The average molecular weight is 337 g/mol. The number of carbonyl (C=O) groups is 1. The fourth-order valence-corrected chi connectivity index (χ4v) is 2.26. The molecule has 0 radical (unpaired) electrons. The summed E-state index contributed by atoms with van der Waals surface area (Å²) in [5.74, 6) is 0.929. The minimum absolute atomic E-state index is 0.0219. The minimum atomic E-state index is -0.452. The van der Waals surface area contributed by atoms with Crippen LogP contribution in [0.2, 0.25) is 0 Å². The Kier molecular flexibility index (Phi) is 4.56. The van der Waals surface area contributed by atoms with Crippen LogP contribution in [0.5, 0.6) is 0 Å². The van der Waals surface area contributed by atoms with Crippen molar-refractivity contribution in [3.63, 3.8) is 0 Å². The maximum Gasteiger partial charge on any atom is 0.269 e. The summed E-state index contributed by atoms with van der Waals surface area (Å²) >= 11 is 0. The first-order chi connectivity index (χ1) is 12.1. The van der Waals surface area contributed by atoms with Crippen molar-refractivity contribution in [3.05, 3.63) is 76.3 Å². The van der Waals surface area contributed by atoms with E-state index in [4.69, 9.17) is 4.42 Å². The van der Waals surface area contributed by atoms with Gasteiger partial charge in [-0.1, -0.05) is 0 Å². The summed E-state index contributed by atoms with van der Waals surface area (Å²) in [6, 6.07) is 9.56. The van der Waals surface area contributed by atoms with E-state index in [1.165, 1.54) is 24.4 Å². The SMILES string of the molecule is CCn1cc(C(=O)/C=C/c2ccc(-c3ccc([N+](=O)[O-])cc3)o2)cn1.